The van der Waals surface area contributed by atoms with Crippen molar-refractivity contribution in [1.82, 2.24) is 14.5 Å². The van der Waals surface area contributed by atoms with Crippen molar-refractivity contribution in [1.29, 1.82) is 0 Å². The van der Waals surface area contributed by atoms with Gasteiger partial charge in [0.05, 0.1) is 23.3 Å². The van der Waals surface area contributed by atoms with Gasteiger partial charge in [0.1, 0.15) is 5.82 Å². The fourth-order valence-corrected chi connectivity index (χ4v) is 2.53. The van der Waals surface area contributed by atoms with Crippen molar-refractivity contribution >= 4 is 23.2 Å². The lowest BCUT2D eigenvalue weighted by atomic mass is 10.0. The molecular formula is C16H21Cl2N3O. The molecule has 2 rings (SSSR count). The molecule has 0 saturated heterocycles. The quantitative estimate of drug-likeness (QED) is 0.723. The number of likely N-dealkylation sites (N-methyl/N-ethyl adjacent to an activating group) is 1. The molecule has 0 fully saturated rings. The van der Waals surface area contributed by atoms with E-state index in [1.807, 2.05) is 44.0 Å². The van der Waals surface area contributed by atoms with Crippen molar-refractivity contribution in [3.05, 3.63) is 51.5 Å². The number of benzene rings is 1. The van der Waals surface area contributed by atoms with E-state index in [-0.39, 0.29) is 0 Å². The second-order valence-corrected chi connectivity index (χ2v) is 6.27. The third kappa shape index (κ3) is 4.46. The zero-order valence-electron chi connectivity index (χ0n) is 13.1. The van der Waals surface area contributed by atoms with Gasteiger partial charge in [0.15, 0.2) is 0 Å². The molecule has 2 aromatic rings. The molecule has 120 valence electrons. The molecular weight excluding hydrogens is 321 g/mol. The molecule has 0 atom stereocenters. The van der Waals surface area contributed by atoms with Gasteiger partial charge in [0.25, 0.3) is 0 Å². The normalized spacial score (nSPS) is 11.4. The summed E-state index contributed by atoms with van der Waals surface area (Å²) in [6.45, 7) is 1.97. The number of aromatic nitrogens is 2. The van der Waals surface area contributed by atoms with Crippen molar-refractivity contribution in [2.45, 2.75) is 13.0 Å². The summed E-state index contributed by atoms with van der Waals surface area (Å²) in [7, 11) is 6.01. The molecule has 1 heterocycles. The van der Waals surface area contributed by atoms with Crippen LogP contribution in [0.4, 0.5) is 0 Å². The van der Waals surface area contributed by atoms with Gasteiger partial charge in [-0.3, -0.25) is 0 Å². The predicted octanol–water partition coefficient (Wildman–Crippen LogP) is 3.40. The Morgan fingerprint density at radius 2 is 2.05 bits per heavy atom. The van der Waals surface area contributed by atoms with E-state index in [0.717, 1.165) is 23.5 Å². The van der Waals surface area contributed by atoms with Crippen molar-refractivity contribution in [3.8, 4) is 0 Å². The molecule has 6 heteroatoms. The lowest BCUT2D eigenvalue weighted by Gasteiger charge is -2.15. The highest BCUT2D eigenvalue weighted by atomic mass is 35.5. The summed E-state index contributed by atoms with van der Waals surface area (Å²) < 4.78 is 7.74. The largest absolute Gasteiger partial charge is 0.375 e. The van der Waals surface area contributed by atoms with Gasteiger partial charge in [0, 0.05) is 38.0 Å². The summed E-state index contributed by atoms with van der Waals surface area (Å²) >= 11 is 12.5. The summed E-state index contributed by atoms with van der Waals surface area (Å²) in [5, 5.41) is 1.12. The molecule has 0 aliphatic rings. The number of hydrogen-bond donors (Lipinski definition) is 0. The van der Waals surface area contributed by atoms with Crippen LogP contribution < -0.4 is 0 Å². The molecule has 0 unspecified atom stereocenters. The molecule has 0 aliphatic heterocycles. The monoisotopic (exact) mass is 341 g/mol. The average Bonchev–Trinajstić information content (AvgIpc) is 2.86. The molecule has 1 aromatic heterocycles. The number of rotatable bonds is 7. The summed E-state index contributed by atoms with van der Waals surface area (Å²) in [5.74, 6) is 0.980. The van der Waals surface area contributed by atoms with Gasteiger partial charge < -0.3 is 14.2 Å². The van der Waals surface area contributed by atoms with Crippen LogP contribution in [0.25, 0.3) is 0 Å². The first-order valence-electron chi connectivity index (χ1n) is 7.13. The van der Waals surface area contributed by atoms with E-state index in [0.29, 0.717) is 29.7 Å². The molecule has 0 N–H and O–H groups in total. The van der Waals surface area contributed by atoms with Crippen molar-refractivity contribution < 1.29 is 4.74 Å². The fourth-order valence-electron chi connectivity index (χ4n) is 2.11. The Hall–Kier alpha value is -1.07. The third-order valence-electron chi connectivity index (χ3n) is 3.49. The topological polar surface area (TPSA) is 30.3 Å². The molecule has 0 amide bonds. The van der Waals surface area contributed by atoms with Crippen LogP contribution in [0.15, 0.2) is 24.5 Å². The van der Waals surface area contributed by atoms with Crippen LogP contribution >= 0.6 is 23.2 Å². The number of hydrogen-bond acceptors (Lipinski definition) is 3. The summed E-state index contributed by atoms with van der Waals surface area (Å²) in [5.41, 5.74) is 2.03. The molecule has 4 nitrogen and oxygen atoms in total. The number of imidazole rings is 1. The first-order valence-corrected chi connectivity index (χ1v) is 7.89. The maximum Gasteiger partial charge on any atom is 0.112 e. The van der Waals surface area contributed by atoms with Crippen LogP contribution in [-0.2, 0) is 24.8 Å². The average molecular weight is 342 g/mol. The minimum absolute atomic E-state index is 0.451. The van der Waals surface area contributed by atoms with Crippen LogP contribution in [0.1, 0.15) is 17.0 Å². The van der Waals surface area contributed by atoms with Crippen LogP contribution in [0.5, 0.6) is 0 Å². The predicted molar refractivity (Wildman–Crippen MR) is 90.7 cm³/mol. The number of nitrogens with zero attached hydrogens (tertiary/aromatic N) is 3. The zero-order chi connectivity index (χ0) is 16.1. The second kappa shape index (κ2) is 7.97. The lowest BCUT2D eigenvalue weighted by molar-refractivity contribution is 0.105. The fraction of sp³-hybridized carbons (Fsp3) is 0.438. The Morgan fingerprint density at radius 3 is 2.68 bits per heavy atom. The highest BCUT2D eigenvalue weighted by molar-refractivity contribution is 6.42. The van der Waals surface area contributed by atoms with E-state index in [1.54, 1.807) is 6.20 Å². The van der Waals surface area contributed by atoms with E-state index in [4.69, 9.17) is 27.9 Å². The maximum absolute atomic E-state index is 6.37. The van der Waals surface area contributed by atoms with Crippen molar-refractivity contribution in [2.24, 2.45) is 7.05 Å². The smallest absolute Gasteiger partial charge is 0.112 e. The molecule has 0 bridgehead atoms. The van der Waals surface area contributed by atoms with Gasteiger partial charge >= 0.3 is 0 Å². The van der Waals surface area contributed by atoms with Gasteiger partial charge in [-0.1, -0.05) is 29.3 Å². The SMILES string of the molecule is CN(C)CCOCc1c(Cc2nccn2C)ccc(Cl)c1Cl. The number of halogens is 2. The van der Waals surface area contributed by atoms with Crippen LogP contribution in [0.2, 0.25) is 10.0 Å². The van der Waals surface area contributed by atoms with E-state index in [1.165, 1.54) is 0 Å². The first kappa shape index (κ1) is 17.3. The first-order chi connectivity index (χ1) is 10.5. The highest BCUT2D eigenvalue weighted by Gasteiger charge is 2.13. The Morgan fingerprint density at radius 1 is 1.27 bits per heavy atom. The molecule has 0 saturated carbocycles. The molecule has 0 spiro atoms. The van der Waals surface area contributed by atoms with Crippen LogP contribution in [0.3, 0.4) is 0 Å². The van der Waals surface area contributed by atoms with Crippen LogP contribution in [0, 0.1) is 0 Å². The minimum Gasteiger partial charge on any atom is -0.375 e. The van der Waals surface area contributed by atoms with Gasteiger partial charge in [-0.25, -0.2) is 4.98 Å². The molecule has 0 radical (unpaired) electrons. The Balaban J connectivity index is 2.15. The minimum atomic E-state index is 0.451. The van der Waals surface area contributed by atoms with Crippen molar-refractivity contribution in [2.75, 3.05) is 27.2 Å². The van der Waals surface area contributed by atoms with E-state index >= 15 is 0 Å². The van der Waals surface area contributed by atoms with Gasteiger partial charge in [-0.05, 0) is 25.7 Å². The van der Waals surface area contributed by atoms with Crippen molar-refractivity contribution in [3.63, 3.8) is 0 Å². The zero-order valence-corrected chi connectivity index (χ0v) is 14.7. The maximum atomic E-state index is 6.37. The molecule has 0 aliphatic carbocycles. The van der Waals surface area contributed by atoms with Gasteiger partial charge in [-0.15, -0.1) is 0 Å². The Labute approximate surface area is 141 Å². The van der Waals surface area contributed by atoms with Crippen LogP contribution in [-0.4, -0.2) is 41.7 Å². The number of ether oxygens (including phenoxy) is 1. The van der Waals surface area contributed by atoms with Gasteiger partial charge in [0.2, 0.25) is 0 Å². The summed E-state index contributed by atoms with van der Waals surface area (Å²) in [6, 6.07) is 3.82. The summed E-state index contributed by atoms with van der Waals surface area (Å²) in [6.07, 6.45) is 4.42. The third-order valence-corrected chi connectivity index (χ3v) is 4.34. The molecule has 1 aromatic carbocycles. The Kier molecular flexibility index (Phi) is 6.26. The highest BCUT2D eigenvalue weighted by Crippen LogP contribution is 2.30. The molecule has 22 heavy (non-hydrogen) atoms. The lowest BCUT2D eigenvalue weighted by Crippen LogP contribution is -2.18. The van der Waals surface area contributed by atoms with E-state index in [2.05, 4.69) is 9.88 Å². The Bertz CT molecular complexity index is 626. The van der Waals surface area contributed by atoms with E-state index < -0.39 is 0 Å². The van der Waals surface area contributed by atoms with Gasteiger partial charge in [-0.2, -0.15) is 0 Å². The summed E-state index contributed by atoms with van der Waals surface area (Å²) in [4.78, 5) is 6.44. The number of aryl methyl sites for hydroxylation is 1. The van der Waals surface area contributed by atoms with E-state index in [9.17, 15) is 0 Å². The second-order valence-electron chi connectivity index (χ2n) is 5.49. The standard InChI is InChI=1S/C16H21Cl2N3O/c1-20(2)8-9-22-11-13-12(4-5-14(17)16(13)18)10-15-19-6-7-21(15)3/h4-7H,8-11H2,1-3H3.